The first kappa shape index (κ1) is 26.0. The van der Waals surface area contributed by atoms with E-state index in [1.165, 1.54) is 42.7 Å². The largest absolute Gasteiger partial charge is 0.496 e. The van der Waals surface area contributed by atoms with E-state index in [9.17, 15) is 23.5 Å². The van der Waals surface area contributed by atoms with Crippen LogP contribution in [0, 0.1) is 17.6 Å². The molecular weight excluding hydrogens is 500 g/mol. The fourth-order valence-corrected chi connectivity index (χ4v) is 4.75. The van der Waals surface area contributed by atoms with Gasteiger partial charge in [0, 0.05) is 0 Å². The van der Waals surface area contributed by atoms with Crippen LogP contribution >= 0.6 is 11.3 Å². The van der Waals surface area contributed by atoms with E-state index in [2.05, 4.69) is 15.6 Å². The number of aliphatic carboxylic acids is 1. The molecular formula is C27H25F2N3O4S. The van der Waals surface area contributed by atoms with Crippen LogP contribution in [-0.2, 0) is 4.79 Å². The number of aromatic nitrogens is 1. The van der Waals surface area contributed by atoms with Crippen molar-refractivity contribution < 1.29 is 28.2 Å². The van der Waals surface area contributed by atoms with Gasteiger partial charge in [0.2, 0.25) is 0 Å². The summed E-state index contributed by atoms with van der Waals surface area (Å²) in [5.41, 5.74) is 2.14. The first-order chi connectivity index (χ1) is 17.6. The maximum Gasteiger partial charge on any atom is 0.326 e. The van der Waals surface area contributed by atoms with Crippen LogP contribution in [0.2, 0.25) is 0 Å². The number of fused-ring (bicyclic) bond motifs is 1. The molecule has 4 rings (SSSR count). The summed E-state index contributed by atoms with van der Waals surface area (Å²) in [4.78, 5) is 28.6. The molecule has 1 amide bonds. The Kier molecular flexibility index (Phi) is 7.68. The Morgan fingerprint density at radius 2 is 1.78 bits per heavy atom. The molecule has 10 heteroatoms. The number of anilines is 2. The van der Waals surface area contributed by atoms with E-state index in [1.807, 2.05) is 13.8 Å². The summed E-state index contributed by atoms with van der Waals surface area (Å²) in [6, 6.07) is 12.6. The number of ether oxygens (including phenoxy) is 1. The zero-order valence-corrected chi connectivity index (χ0v) is 21.2. The number of carboxylic acid groups (broad SMARTS) is 1. The van der Waals surface area contributed by atoms with Crippen LogP contribution in [0.4, 0.5) is 19.6 Å². The Hall–Kier alpha value is -4.05. The third kappa shape index (κ3) is 6.03. The van der Waals surface area contributed by atoms with Crippen molar-refractivity contribution in [1.82, 2.24) is 10.3 Å². The molecule has 7 nitrogen and oxygen atoms in total. The molecule has 3 aromatic carbocycles. The third-order valence-corrected chi connectivity index (χ3v) is 6.58. The molecule has 37 heavy (non-hydrogen) atoms. The summed E-state index contributed by atoms with van der Waals surface area (Å²) in [6.07, 6.45) is 0.287. The van der Waals surface area contributed by atoms with Crippen LogP contribution < -0.4 is 15.4 Å². The number of rotatable bonds is 9. The monoisotopic (exact) mass is 525 g/mol. The second kappa shape index (κ2) is 10.9. The fourth-order valence-electron chi connectivity index (χ4n) is 3.85. The van der Waals surface area contributed by atoms with E-state index in [0.717, 1.165) is 0 Å². The number of methoxy groups -OCH3 is 1. The van der Waals surface area contributed by atoms with Crippen molar-refractivity contribution in [3.05, 3.63) is 71.8 Å². The van der Waals surface area contributed by atoms with Gasteiger partial charge in [0.25, 0.3) is 5.91 Å². The molecule has 0 saturated carbocycles. The minimum atomic E-state index is -1.11. The van der Waals surface area contributed by atoms with Crippen LogP contribution in [0.15, 0.2) is 54.6 Å². The molecule has 0 saturated heterocycles. The fraction of sp³-hybridized carbons (Fsp3) is 0.222. The Morgan fingerprint density at radius 3 is 2.46 bits per heavy atom. The summed E-state index contributed by atoms with van der Waals surface area (Å²) < 4.78 is 34.4. The van der Waals surface area contributed by atoms with Crippen molar-refractivity contribution in [2.75, 3.05) is 12.4 Å². The molecule has 0 spiro atoms. The first-order valence-electron chi connectivity index (χ1n) is 11.5. The minimum Gasteiger partial charge on any atom is -0.496 e. The average molecular weight is 526 g/mol. The Balaban J connectivity index is 1.54. The lowest BCUT2D eigenvalue weighted by Crippen LogP contribution is -2.41. The normalized spacial score (nSPS) is 11.9. The quantitative estimate of drug-likeness (QED) is 0.240. The molecule has 1 aromatic heterocycles. The number of carboxylic acids is 1. The standard InChI is InChI=1S/C27H25F2N3O4S/c1-14(2)10-22(26(34)35)30-25(33)18-7-4-16(12-23(18)36-3)15-5-8-20(19(29)11-15)31-27-32-21-9-6-17(28)13-24(21)37-27/h4-9,11-14,22H,10H2,1-3H3,(H,30,33)(H,31,32)(H,34,35)/t22-/m0/s1. The summed E-state index contributed by atoms with van der Waals surface area (Å²) in [6.45, 7) is 3.75. The number of nitrogens with zero attached hydrogens (tertiary/aromatic N) is 1. The van der Waals surface area contributed by atoms with Gasteiger partial charge in [0.15, 0.2) is 5.13 Å². The summed E-state index contributed by atoms with van der Waals surface area (Å²) >= 11 is 1.21. The summed E-state index contributed by atoms with van der Waals surface area (Å²) in [5, 5.41) is 15.3. The molecule has 0 aliphatic carbocycles. The van der Waals surface area contributed by atoms with Crippen LogP contribution in [0.1, 0.15) is 30.6 Å². The lowest BCUT2D eigenvalue weighted by atomic mass is 10.0. The van der Waals surface area contributed by atoms with Gasteiger partial charge < -0.3 is 20.5 Å². The van der Waals surface area contributed by atoms with Gasteiger partial charge in [-0.2, -0.15) is 0 Å². The van der Waals surface area contributed by atoms with E-state index in [0.29, 0.717) is 26.5 Å². The molecule has 0 aliphatic heterocycles. The molecule has 1 atom stereocenters. The number of nitrogens with one attached hydrogen (secondary N) is 2. The van der Waals surface area contributed by atoms with E-state index in [1.54, 1.807) is 30.3 Å². The summed E-state index contributed by atoms with van der Waals surface area (Å²) in [5.74, 6) is -2.27. The van der Waals surface area contributed by atoms with Crippen molar-refractivity contribution in [3.63, 3.8) is 0 Å². The molecule has 0 radical (unpaired) electrons. The van der Waals surface area contributed by atoms with Crippen molar-refractivity contribution in [1.29, 1.82) is 0 Å². The number of halogens is 2. The van der Waals surface area contributed by atoms with Gasteiger partial charge in [-0.3, -0.25) is 4.79 Å². The van der Waals surface area contributed by atoms with Crippen LogP contribution in [0.25, 0.3) is 21.3 Å². The second-order valence-electron chi connectivity index (χ2n) is 8.86. The molecule has 3 N–H and O–H groups in total. The molecule has 192 valence electrons. The van der Waals surface area contributed by atoms with Gasteiger partial charge in [-0.15, -0.1) is 0 Å². The highest BCUT2D eigenvalue weighted by molar-refractivity contribution is 7.22. The molecule has 1 heterocycles. The third-order valence-electron chi connectivity index (χ3n) is 5.65. The van der Waals surface area contributed by atoms with Crippen molar-refractivity contribution in [3.8, 4) is 16.9 Å². The molecule has 0 unspecified atom stereocenters. The number of hydrogen-bond acceptors (Lipinski definition) is 6. The highest BCUT2D eigenvalue weighted by Crippen LogP contribution is 2.33. The Bertz CT molecular complexity index is 1470. The van der Waals surface area contributed by atoms with Crippen LogP contribution in [0.3, 0.4) is 0 Å². The predicted molar refractivity (Wildman–Crippen MR) is 140 cm³/mol. The Morgan fingerprint density at radius 1 is 1.05 bits per heavy atom. The van der Waals surface area contributed by atoms with E-state index < -0.39 is 23.7 Å². The van der Waals surface area contributed by atoms with E-state index in [-0.39, 0.29) is 35.2 Å². The number of benzene rings is 3. The molecule has 4 aromatic rings. The van der Waals surface area contributed by atoms with Crippen molar-refractivity contribution >= 4 is 44.2 Å². The van der Waals surface area contributed by atoms with Gasteiger partial charge in [0.05, 0.1) is 28.6 Å². The SMILES string of the molecule is COc1cc(-c2ccc(Nc3nc4ccc(F)cc4s3)c(F)c2)ccc1C(=O)N[C@@H](CC(C)C)C(=O)O. The van der Waals surface area contributed by atoms with E-state index in [4.69, 9.17) is 4.74 Å². The van der Waals surface area contributed by atoms with Gasteiger partial charge >= 0.3 is 5.97 Å². The zero-order valence-electron chi connectivity index (χ0n) is 20.3. The maximum absolute atomic E-state index is 15.0. The lowest BCUT2D eigenvalue weighted by molar-refractivity contribution is -0.139. The average Bonchev–Trinajstić information content (AvgIpc) is 3.25. The first-order valence-corrected chi connectivity index (χ1v) is 12.3. The molecule has 0 aliphatic rings. The van der Waals surface area contributed by atoms with Gasteiger partial charge in [0.1, 0.15) is 23.4 Å². The van der Waals surface area contributed by atoms with Crippen molar-refractivity contribution in [2.45, 2.75) is 26.3 Å². The number of carbonyl (C=O) groups is 2. The minimum absolute atomic E-state index is 0.0793. The van der Waals surface area contributed by atoms with Crippen molar-refractivity contribution in [2.24, 2.45) is 5.92 Å². The van der Waals surface area contributed by atoms with Gasteiger partial charge in [-0.25, -0.2) is 18.6 Å². The van der Waals surface area contributed by atoms with E-state index >= 15 is 0 Å². The maximum atomic E-state index is 15.0. The smallest absolute Gasteiger partial charge is 0.326 e. The second-order valence-corrected chi connectivity index (χ2v) is 9.89. The summed E-state index contributed by atoms with van der Waals surface area (Å²) in [7, 11) is 1.40. The van der Waals surface area contributed by atoms with Crippen LogP contribution in [0.5, 0.6) is 5.75 Å². The topological polar surface area (TPSA) is 101 Å². The predicted octanol–water partition coefficient (Wildman–Crippen LogP) is 6.22. The van der Waals surface area contributed by atoms with Crippen LogP contribution in [-0.4, -0.2) is 35.1 Å². The number of thiazole rings is 1. The number of carbonyl (C=O) groups excluding carboxylic acids is 1. The zero-order chi connectivity index (χ0) is 26.7. The highest BCUT2D eigenvalue weighted by atomic mass is 32.1. The molecule has 0 bridgehead atoms. The lowest BCUT2D eigenvalue weighted by Gasteiger charge is -2.18. The Labute approximate surface area is 216 Å². The highest BCUT2D eigenvalue weighted by Gasteiger charge is 2.23. The van der Waals surface area contributed by atoms with Gasteiger partial charge in [-0.05, 0) is 65.9 Å². The number of hydrogen-bond donors (Lipinski definition) is 3. The van der Waals surface area contributed by atoms with Gasteiger partial charge in [-0.1, -0.05) is 37.3 Å². The molecule has 0 fully saturated rings. The number of amides is 1.